The van der Waals surface area contributed by atoms with Gasteiger partial charge in [-0.15, -0.1) is 0 Å². The van der Waals surface area contributed by atoms with Crippen LogP contribution < -0.4 is 0 Å². The van der Waals surface area contributed by atoms with Crippen molar-refractivity contribution in [1.82, 2.24) is 0 Å². The molecule has 1 aliphatic rings. The molecule has 0 spiro atoms. The zero-order chi connectivity index (χ0) is 34.4. The highest BCUT2D eigenvalue weighted by Gasteiger charge is 2.48. The van der Waals surface area contributed by atoms with Gasteiger partial charge in [-0.05, 0) is 91.0 Å². The van der Waals surface area contributed by atoms with Crippen LogP contribution in [0.25, 0.3) is 55.6 Å². The number of rotatable bonds is 6. The summed E-state index contributed by atoms with van der Waals surface area (Å²) in [5.41, 5.74) is 13.9. The number of hydrogen-bond acceptors (Lipinski definition) is 2. The zero-order valence-electron chi connectivity index (χ0n) is 27.9. The van der Waals surface area contributed by atoms with Crippen molar-refractivity contribution in [1.29, 1.82) is 0 Å². The topological polar surface area (TPSA) is 40.5 Å². The van der Waals surface area contributed by atoms with Gasteiger partial charge in [0, 0.05) is 11.1 Å². The van der Waals surface area contributed by atoms with Crippen LogP contribution in [-0.2, 0) is 5.41 Å². The third-order valence-electron chi connectivity index (χ3n) is 10.4. The Morgan fingerprint density at radius 3 is 0.980 bits per heavy atom. The molecule has 0 radical (unpaired) electrons. The molecule has 0 fully saturated rings. The highest BCUT2D eigenvalue weighted by molar-refractivity contribution is 6.02. The van der Waals surface area contributed by atoms with Crippen molar-refractivity contribution in [3.8, 4) is 67.1 Å². The maximum Gasteiger partial charge on any atom is 0.123 e. The van der Waals surface area contributed by atoms with E-state index in [-0.39, 0.29) is 11.5 Å². The van der Waals surface area contributed by atoms with Crippen molar-refractivity contribution < 1.29 is 10.2 Å². The minimum absolute atomic E-state index is 0.227. The number of phenolic OH excluding ortho intramolecular Hbond substituents is 2. The normalized spacial score (nSPS) is 12.6. The van der Waals surface area contributed by atoms with Gasteiger partial charge in [0.05, 0.1) is 5.41 Å². The predicted octanol–water partition coefficient (Wildman–Crippen LogP) is 12.1. The van der Waals surface area contributed by atoms with Gasteiger partial charge in [0.15, 0.2) is 0 Å². The van der Waals surface area contributed by atoms with E-state index in [9.17, 15) is 10.2 Å². The summed E-state index contributed by atoms with van der Waals surface area (Å²) in [6.07, 6.45) is 0. The van der Waals surface area contributed by atoms with E-state index in [0.29, 0.717) is 0 Å². The first-order valence-corrected chi connectivity index (χ1v) is 17.3. The molecule has 2 nitrogen and oxygen atoms in total. The monoisotopic (exact) mass is 654 g/mol. The Morgan fingerprint density at radius 2 is 0.627 bits per heavy atom. The molecule has 2 heteroatoms. The second kappa shape index (κ2) is 12.4. The van der Waals surface area contributed by atoms with E-state index in [1.54, 1.807) is 0 Å². The summed E-state index contributed by atoms with van der Waals surface area (Å²) in [6, 6.07) is 66.8. The lowest BCUT2D eigenvalue weighted by atomic mass is 9.66. The molecule has 8 aromatic carbocycles. The van der Waals surface area contributed by atoms with Gasteiger partial charge in [0.1, 0.15) is 11.5 Å². The molecule has 242 valence electrons. The first kappa shape index (κ1) is 30.4. The molecule has 2 N–H and O–H groups in total. The van der Waals surface area contributed by atoms with Gasteiger partial charge in [0.2, 0.25) is 0 Å². The van der Waals surface area contributed by atoms with E-state index in [0.717, 1.165) is 66.8 Å². The number of benzene rings is 8. The van der Waals surface area contributed by atoms with Crippen LogP contribution in [-0.4, -0.2) is 10.2 Å². The molecule has 0 heterocycles. The molecule has 51 heavy (non-hydrogen) atoms. The minimum Gasteiger partial charge on any atom is -0.507 e. The largest absolute Gasteiger partial charge is 0.507 e. The molecule has 1 aliphatic carbocycles. The molecule has 8 aromatic rings. The Labute approximate surface area is 298 Å². The third kappa shape index (κ3) is 4.87. The van der Waals surface area contributed by atoms with Gasteiger partial charge < -0.3 is 10.2 Å². The van der Waals surface area contributed by atoms with Crippen LogP contribution in [0.3, 0.4) is 0 Å². The van der Waals surface area contributed by atoms with Crippen LogP contribution >= 0.6 is 0 Å². The second-order valence-corrected chi connectivity index (χ2v) is 13.1. The average molecular weight is 655 g/mol. The zero-order valence-corrected chi connectivity index (χ0v) is 27.9. The third-order valence-corrected chi connectivity index (χ3v) is 10.4. The number of hydrogen-bond donors (Lipinski definition) is 2. The fourth-order valence-electron chi connectivity index (χ4n) is 8.16. The number of aromatic hydroxyl groups is 2. The Hall–Kier alpha value is -6.64. The van der Waals surface area contributed by atoms with Crippen molar-refractivity contribution in [2.24, 2.45) is 0 Å². The first-order chi connectivity index (χ1) is 25.1. The van der Waals surface area contributed by atoms with Gasteiger partial charge in [-0.25, -0.2) is 0 Å². The predicted molar refractivity (Wildman–Crippen MR) is 209 cm³/mol. The fraction of sp³-hybridized carbons (Fsp3) is 0.0204. The Bertz CT molecular complexity index is 2340. The van der Waals surface area contributed by atoms with E-state index < -0.39 is 5.41 Å². The summed E-state index contributed by atoms with van der Waals surface area (Å²) >= 11 is 0. The molecule has 0 aliphatic heterocycles. The van der Waals surface area contributed by atoms with Gasteiger partial charge in [-0.2, -0.15) is 0 Å². The molecule has 0 saturated carbocycles. The maximum absolute atomic E-state index is 11.4. The lowest BCUT2D eigenvalue weighted by Crippen LogP contribution is -2.28. The van der Waals surface area contributed by atoms with Gasteiger partial charge >= 0.3 is 0 Å². The molecule has 0 unspecified atom stereocenters. The van der Waals surface area contributed by atoms with Crippen LogP contribution in [0.4, 0.5) is 0 Å². The van der Waals surface area contributed by atoms with Crippen LogP contribution in [0.1, 0.15) is 22.3 Å². The summed E-state index contributed by atoms with van der Waals surface area (Å²) in [5.74, 6) is 0.454. The molecule has 0 amide bonds. The fourth-order valence-corrected chi connectivity index (χ4v) is 8.16. The van der Waals surface area contributed by atoms with Crippen molar-refractivity contribution in [3.63, 3.8) is 0 Å². The number of phenols is 2. The molecular formula is C49H34O2. The molecule has 9 rings (SSSR count). The standard InChI is InChI=1S/C49H34O2/c50-45-29-27-37(31-41(45)35-19-9-3-10-20-35)49(38-28-30-46(51)42(32-38)36-21-11-4-12-22-36)43-25-13-23-39(33-15-5-1-6-16-33)47(43)48-40(24-14-26-44(48)49)34-17-7-2-8-18-34/h1-32,50-51H. The van der Waals surface area contributed by atoms with E-state index in [1.807, 2.05) is 72.8 Å². The SMILES string of the molecule is Oc1ccc(C2(c3ccc(O)c(-c4ccccc4)c3)c3cccc(-c4ccccc4)c3-c3c(-c4ccccc4)cccc32)cc1-c1ccccc1. The summed E-state index contributed by atoms with van der Waals surface area (Å²) in [5, 5.41) is 22.7. The van der Waals surface area contributed by atoms with E-state index >= 15 is 0 Å². The quantitative estimate of drug-likeness (QED) is 0.187. The number of fused-ring (bicyclic) bond motifs is 3. The van der Waals surface area contributed by atoms with Crippen molar-refractivity contribution in [3.05, 3.63) is 216 Å². The van der Waals surface area contributed by atoms with Crippen LogP contribution in [0, 0.1) is 0 Å². The molecule has 0 bridgehead atoms. The van der Waals surface area contributed by atoms with E-state index in [1.165, 1.54) is 11.1 Å². The van der Waals surface area contributed by atoms with Crippen molar-refractivity contribution >= 4 is 0 Å². The van der Waals surface area contributed by atoms with Gasteiger partial charge in [0.25, 0.3) is 0 Å². The molecule has 0 aromatic heterocycles. The lowest BCUT2D eigenvalue weighted by Gasteiger charge is -2.35. The van der Waals surface area contributed by atoms with E-state index in [4.69, 9.17) is 0 Å². The van der Waals surface area contributed by atoms with Crippen LogP contribution in [0.2, 0.25) is 0 Å². The smallest absolute Gasteiger partial charge is 0.123 e. The maximum atomic E-state index is 11.4. The highest BCUT2D eigenvalue weighted by atomic mass is 16.3. The average Bonchev–Trinajstić information content (AvgIpc) is 3.51. The van der Waals surface area contributed by atoms with Crippen molar-refractivity contribution in [2.75, 3.05) is 0 Å². The van der Waals surface area contributed by atoms with Crippen LogP contribution in [0.15, 0.2) is 194 Å². The Kier molecular flexibility index (Phi) is 7.37. The van der Waals surface area contributed by atoms with Gasteiger partial charge in [-0.1, -0.05) is 170 Å². The summed E-state index contributed by atoms with van der Waals surface area (Å²) in [7, 11) is 0. The Morgan fingerprint density at radius 1 is 0.294 bits per heavy atom. The molecular weight excluding hydrogens is 621 g/mol. The van der Waals surface area contributed by atoms with E-state index in [2.05, 4.69) is 121 Å². The minimum atomic E-state index is -0.811. The summed E-state index contributed by atoms with van der Waals surface area (Å²) in [4.78, 5) is 0. The van der Waals surface area contributed by atoms with Gasteiger partial charge in [-0.3, -0.25) is 0 Å². The summed E-state index contributed by atoms with van der Waals surface area (Å²) in [6.45, 7) is 0. The first-order valence-electron chi connectivity index (χ1n) is 17.3. The molecule has 0 saturated heterocycles. The second-order valence-electron chi connectivity index (χ2n) is 13.1. The Balaban J connectivity index is 1.46. The highest BCUT2D eigenvalue weighted by Crippen LogP contribution is 2.61. The summed E-state index contributed by atoms with van der Waals surface area (Å²) < 4.78 is 0. The van der Waals surface area contributed by atoms with Crippen molar-refractivity contribution in [2.45, 2.75) is 5.41 Å². The molecule has 0 atom stereocenters. The van der Waals surface area contributed by atoms with Crippen LogP contribution in [0.5, 0.6) is 11.5 Å². The lowest BCUT2D eigenvalue weighted by molar-refractivity contribution is 0.477.